The minimum atomic E-state index is -0.469. The molecule has 1 aromatic carbocycles. The molecule has 8 nitrogen and oxygen atoms in total. The monoisotopic (exact) mass is 516 g/mol. The smallest absolute Gasteiger partial charge is 0.261 e. The fourth-order valence-electron chi connectivity index (χ4n) is 4.35. The van der Waals surface area contributed by atoms with Crippen LogP contribution >= 0.6 is 22.9 Å². The average Bonchev–Trinajstić information content (AvgIpc) is 3.78. The summed E-state index contributed by atoms with van der Waals surface area (Å²) < 4.78 is 5.75. The minimum absolute atomic E-state index is 0.0731. The third-order valence-electron chi connectivity index (χ3n) is 6.57. The molecule has 2 N–H and O–H groups in total. The normalized spacial score (nSPS) is 19.0. The fourth-order valence-corrected chi connectivity index (χ4v) is 5.31. The van der Waals surface area contributed by atoms with Crippen molar-refractivity contribution in [2.24, 2.45) is 5.92 Å². The number of nitrogens with zero attached hydrogens (tertiary/aromatic N) is 2. The summed E-state index contributed by atoms with van der Waals surface area (Å²) in [5.41, 5.74) is 1.44. The van der Waals surface area contributed by atoms with Gasteiger partial charge in [0, 0.05) is 37.1 Å². The van der Waals surface area contributed by atoms with Crippen molar-refractivity contribution in [2.75, 3.05) is 43.1 Å². The van der Waals surface area contributed by atoms with Crippen molar-refractivity contribution in [3.05, 3.63) is 45.6 Å². The molecule has 0 bridgehead atoms. The molecular formula is C25H29ClN4O4S. The highest BCUT2D eigenvalue weighted by atomic mass is 35.5. The van der Waals surface area contributed by atoms with Gasteiger partial charge in [0.05, 0.1) is 15.8 Å². The third kappa shape index (κ3) is 6.22. The Balaban J connectivity index is 1.27. The Labute approximate surface area is 213 Å². The standard InChI is InChI=1S/C25H29ClN4O4S/c26-22-10-9-21(35-22)25(33)27-13-20(30(19-7-8-19)14-16-1-2-16)24(32)28-17-3-5-18(6-4-17)29-11-12-34-15-23(29)31/h3-6,9-10,16,19-20H,1-2,7-8,11-15H2,(H,27,33)(H,28,32)/t20-/m0/s1. The molecule has 0 unspecified atom stereocenters. The first-order valence-electron chi connectivity index (χ1n) is 12.1. The first-order chi connectivity index (χ1) is 17.0. The molecule has 1 aromatic heterocycles. The summed E-state index contributed by atoms with van der Waals surface area (Å²) in [5, 5.41) is 5.98. The summed E-state index contributed by atoms with van der Waals surface area (Å²) in [6, 6.07) is 10.6. The molecule has 1 atom stereocenters. The number of amides is 3. The highest BCUT2D eigenvalue weighted by Gasteiger charge is 2.40. The van der Waals surface area contributed by atoms with Gasteiger partial charge in [0.25, 0.3) is 11.8 Å². The second-order valence-corrected chi connectivity index (χ2v) is 11.1. The number of hydrogen-bond donors (Lipinski definition) is 2. The number of morpholine rings is 1. The molecule has 0 spiro atoms. The quantitative estimate of drug-likeness (QED) is 0.505. The zero-order valence-corrected chi connectivity index (χ0v) is 20.9. The number of nitrogens with one attached hydrogen (secondary N) is 2. The van der Waals surface area contributed by atoms with Gasteiger partial charge in [-0.3, -0.25) is 19.3 Å². The number of carbonyl (C=O) groups is 3. The number of ether oxygens (including phenoxy) is 1. The highest BCUT2D eigenvalue weighted by molar-refractivity contribution is 7.18. The van der Waals surface area contributed by atoms with Crippen molar-refractivity contribution < 1.29 is 19.1 Å². The predicted octanol–water partition coefficient (Wildman–Crippen LogP) is 3.38. The van der Waals surface area contributed by atoms with Gasteiger partial charge in [-0.2, -0.15) is 0 Å². The van der Waals surface area contributed by atoms with E-state index >= 15 is 0 Å². The van der Waals surface area contributed by atoms with Crippen LogP contribution in [0.2, 0.25) is 4.34 Å². The average molecular weight is 517 g/mol. The molecule has 2 heterocycles. The lowest BCUT2D eigenvalue weighted by atomic mass is 10.1. The Morgan fingerprint density at radius 2 is 1.91 bits per heavy atom. The van der Waals surface area contributed by atoms with Crippen molar-refractivity contribution in [3.8, 4) is 0 Å². The zero-order valence-electron chi connectivity index (χ0n) is 19.4. The van der Waals surface area contributed by atoms with E-state index < -0.39 is 6.04 Å². The van der Waals surface area contributed by atoms with Crippen molar-refractivity contribution >= 4 is 52.0 Å². The van der Waals surface area contributed by atoms with Gasteiger partial charge in [-0.05, 0) is 68.0 Å². The summed E-state index contributed by atoms with van der Waals surface area (Å²) in [5.74, 6) is 0.192. The number of anilines is 2. The SMILES string of the molecule is O=C(NC[C@@H](C(=O)Nc1ccc(N2CCOCC2=O)cc1)N(CC1CC1)C1CC1)c1ccc(Cl)s1. The lowest BCUT2D eigenvalue weighted by Gasteiger charge is -2.31. The molecule has 186 valence electrons. The Bertz CT molecular complexity index is 1080. The van der Waals surface area contributed by atoms with Gasteiger partial charge in [-0.25, -0.2) is 0 Å². The van der Waals surface area contributed by atoms with E-state index in [0.29, 0.717) is 40.0 Å². The van der Waals surface area contributed by atoms with E-state index in [-0.39, 0.29) is 30.9 Å². The molecule has 2 aromatic rings. The van der Waals surface area contributed by atoms with Crippen LogP contribution in [0.4, 0.5) is 11.4 Å². The van der Waals surface area contributed by atoms with Gasteiger partial charge in [0.15, 0.2) is 0 Å². The van der Waals surface area contributed by atoms with E-state index in [1.807, 2.05) is 24.3 Å². The van der Waals surface area contributed by atoms with E-state index in [9.17, 15) is 14.4 Å². The Kier molecular flexibility index (Phi) is 7.38. The number of carbonyl (C=O) groups excluding carboxylic acids is 3. The first kappa shape index (κ1) is 24.2. The van der Waals surface area contributed by atoms with Gasteiger partial charge in [0.1, 0.15) is 12.6 Å². The topological polar surface area (TPSA) is 91.0 Å². The van der Waals surface area contributed by atoms with Gasteiger partial charge in [0.2, 0.25) is 5.91 Å². The summed E-state index contributed by atoms with van der Waals surface area (Å²) in [7, 11) is 0. The summed E-state index contributed by atoms with van der Waals surface area (Å²) in [6.45, 7) is 2.21. The van der Waals surface area contributed by atoms with Crippen LogP contribution in [0, 0.1) is 5.92 Å². The Morgan fingerprint density at radius 3 is 2.54 bits per heavy atom. The number of benzene rings is 1. The number of thiophene rings is 1. The minimum Gasteiger partial charge on any atom is -0.370 e. The molecule has 3 amide bonds. The van der Waals surface area contributed by atoms with Gasteiger partial charge < -0.3 is 20.3 Å². The van der Waals surface area contributed by atoms with Crippen LogP contribution in [-0.4, -0.2) is 67.6 Å². The van der Waals surface area contributed by atoms with Crippen LogP contribution in [0.3, 0.4) is 0 Å². The largest absolute Gasteiger partial charge is 0.370 e. The van der Waals surface area contributed by atoms with Gasteiger partial charge >= 0.3 is 0 Å². The second kappa shape index (κ2) is 10.7. The molecular weight excluding hydrogens is 488 g/mol. The molecule has 3 fully saturated rings. The molecule has 3 aliphatic rings. The summed E-state index contributed by atoms with van der Waals surface area (Å²) in [6.07, 6.45) is 4.54. The predicted molar refractivity (Wildman–Crippen MR) is 136 cm³/mol. The maximum Gasteiger partial charge on any atom is 0.261 e. The van der Waals surface area contributed by atoms with Crippen LogP contribution in [0.25, 0.3) is 0 Å². The Morgan fingerprint density at radius 1 is 1.14 bits per heavy atom. The molecule has 1 aliphatic heterocycles. The van der Waals surface area contributed by atoms with Crippen LogP contribution in [0.1, 0.15) is 35.4 Å². The molecule has 5 rings (SSSR count). The lowest BCUT2D eigenvalue weighted by Crippen LogP contribution is -2.52. The molecule has 1 saturated heterocycles. The molecule has 0 radical (unpaired) electrons. The molecule has 2 saturated carbocycles. The van der Waals surface area contributed by atoms with Crippen LogP contribution in [0.15, 0.2) is 36.4 Å². The fraction of sp³-hybridized carbons (Fsp3) is 0.480. The third-order valence-corrected chi connectivity index (χ3v) is 7.80. The van der Waals surface area contributed by atoms with E-state index in [1.54, 1.807) is 17.0 Å². The molecule has 2 aliphatic carbocycles. The Hall–Kier alpha value is -2.46. The number of hydrogen-bond acceptors (Lipinski definition) is 6. The zero-order chi connectivity index (χ0) is 24.4. The lowest BCUT2D eigenvalue weighted by molar-refractivity contribution is -0.125. The van der Waals surface area contributed by atoms with Crippen molar-refractivity contribution in [2.45, 2.75) is 37.8 Å². The first-order valence-corrected chi connectivity index (χ1v) is 13.3. The maximum absolute atomic E-state index is 13.5. The summed E-state index contributed by atoms with van der Waals surface area (Å²) in [4.78, 5) is 42.7. The van der Waals surface area contributed by atoms with Gasteiger partial charge in [-0.1, -0.05) is 11.6 Å². The van der Waals surface area contributed by atoms with E-state index in [4.69, 9.17) is 16.3 Å². The number of halogens is 1. The van der Waals surface area contributed by atoms with Gasteiger partial charge in [-0.15, -0.1) is 11.3 Å². The van der Waals surface area contributed by atoms with Crippen LogP contribution in [-0.2, 0) is 14.3 Å². The van der Waals surface area contributed by atoms with E-state index in [2.05, 4.69) is 15.5 Å². The van der Waals surface area contributed by atoms with E-state index in [0.717, 1.165) is 25.1 Å². The number of rotatable bonds is 10. The maximum atomic E-state index is 13.5. The molecule has 35 heavy (non-hydrogen) atoms. The van der Waals surface area contributed by atoms with E-state index in [1.165, 1.54) is 24.2 Å². The second-order valence-electron chi connectivity index (χ2n) is 9.34. The van der Waals surface area contributed by atoms with Crippen LogP contribution < -0.4 is 15.5 Å². The molecule has 10 heteroatoms. The van der Waals surface area contributed by atoms with Crippen LogP contribution in [0.5, 0.6) is 0 Å². The van der Waals surface area contributed by atoms with Crippen molar-refractivity contribution in [3.63, 3.8) is 0 Å². The highest BCUT2D eigenvalue weighted by Crippen LogP contribution is 2.36. The van der Waals surface area contributed by atoms with Crippen molar-refractivity contribution in [1.29, 1.82) is 0 Å². The summed E-state index contributed by atoms with van der Waals surface area (Å²) >= 11 is 7.20. The van der Waals surface area contributed by atoms with Crippen molar-refractivity contribution in [1.82, 2.24) is 10.2 Å².